The predicted octanol–water partition coefficient (Wildman–Crippen LogP) is 3.90. The van der Waals surface area contributed by atoms with Crippen molar-refractivity contribution >= 4 is 23.1 Å². The summed E-state index contributed by atoms with van der Waals surface area (Å²) in [4.78, 5) is 48.2. The number of hydrazine groups is 1. The third-order valence-electron chi connectivity index (χ3n) is 5.17. The first-order valence-electron chi connectivity index (χ1n) is 11.3. The van der Waals surface area contributed by atoms with E-state index in [0.717, 1.165) is 6.42 Å². The number of ether oxygens (including phenoxy) is 1. The van der Waals surface area contributed by atoms with Gasteiger partial charge >= 0.3 is 0 Å². The minimum Gasteiger partial charge on any atom is -0.484 e. The highest BCUT2D eigenvalue weighted by atomic mass is 16.5. The van der Waals surface area contributed by atoms with Crippen LogP contribution in [0.1, 0.15) is 64.7 Å². The van der Waals surface area contributed by atoms with Gasteiger partial charge in [-0.1, -0.05) is 30.3 Å². The van der Waals surface area contributed by atoms with Crippen molar-refractivity contribution < 1.29 is 23.9 Å². The van der Waals surface area contributed by atoms with Crippen molar-refractivity contribution in [3.05, 3.63) is 42.2 Å². The molecule has 1 heterocycles. The van der Waals surface area contributed by atoms with Gasteiger partial charge < -0.3 is 4.74 Å². The van der Waals surface area contributed by atoms with Gasteiger partial charge in [0.25, 0.3) is 0 Å². The van der Waals surface area contributed by atoms with E-state index in [2.05, 4.69) is 15.9 Å². The van der Waals surface area contributed by atoms with E-state index in [1.807, 2.05) is 25.1 Å². The lowest BCUT2D eigenvalue weighted by molar-refractivity contribution is -0.127. The minimum atomic E-state index is -0.603. The lowest BCUT2D eigenvalue weighted by Gasteiger charge is -2.29. The van der Waals surface area contributed by atoms with Crippen LogP contribution in [0.3, 0.4) is 0 Å². The number of Topliss-reactive ketones (excluding diaryl/α,β-unsaturated/α-hetero) is 4. The average Bonchev–Trinajstić information content (AvgIpc) is 2.81. The fraction of sp³-hybridized carbons (Fsp3) is 0.500. The molecule has 1 unspecified atom stereocenters. The fourth-order valence-corrected chi connectivity index (χ4v) is 3.29. The molecule has 33 heavy (non-hydrogen) atoms. The Balaban J connectivity index is 1.81. The summed E-state index contributed by atoms with van der Waals surface area (Å²) in [5.41, 5.74) is 3.33. The number of rotatable bonds is 16. The normalized spacial score (nSPS) is 13.6. The van der Waals surface area contributed by atoms with Gasteiger partial charge in [-0.3, -0.25) is 24.2 Å². The number of para-hydroxylation sites is 1. The van der Waals surface area contributed by atoms with Gasteiger partial charge in [0.1, 0.15) is 35.0 Å². The predicted molar refractivity (Wildman–Crippen MR) is 122 cm³/mol. The second-order valence-electron chi connectivity index (χ2n) is 7.96. The lowest BCUT2D eigenvalue weighted by atomic mass is 10.0. The molecule has 0 bridgehead atoms. The molecular formula is C24H32N4O5. The van der Waals surface area contributed by atoms with Crippen LogP contribution in [0.2, 0.25) is 0 Å². The topological polar surface area (TPSA) is 118 Å². The van der Waals surface area contributed by atoms with Crippen molar-refractivity contribution in [2.75, 3.05) is 7.05 Å². The first-order chi connectivity index (χ1) is 15.9. The molecule has 1 aliphatic heterocycles. The molecule has 1 atom stereocenters. The molecule has 178 valence electrons. The number of hydrogen-bond acceptors (Lipinski definition) is 9. The molecule has 0 aliphatic carbocycles. The van der Waals surface area contributed by atoms with E-state index >= 15 is 0 Å². The zero-order valence-corrected chi connectivity index (χ0v) is 19.3. The zero-order valence-electron chi connectivity index (χ0n) is 19.3. The largest absolute Gasteiger partial charge is 0.484 e. The number of benzene rings is 1. The molecule has 0 amide bonds. The molecule has 0 radical (unpaired) electrons. The number of nitrogens with zero attached hydrogens (tertiary/aromatic N) is 3. The Labute approximate surface area is 194 Å². The Morgan fingerprint density at radius 3 is 1.97 bits per heavy atom. The van der Waals surface area contributed by atoms with Crippen LogP contribution in [0.15, 0.2) is 52.6 Å². The van der Waals surface area contributed by atoms with Gasteiger partial charge in [0, 0.05) is 58.4 Å². The van der Waals surface area contributed by atoms with Crippen LogP contribution in [-0.2, 0) is 19.2 Å². The summed E-state index contributed by atoms with van der Waals surface area (Å²) >= 11 is 0. The van der Waals surface area contributed by atoms with Crippen LogP contribution in [0.5, 0.6) is 5.75 Å². The molecule has 2 rings (SSSR count). The van der Waals surface area contributed by atoms with Crippen LogP contribution in [-0.4, -0.2) is 41.3 Å². The van der Waals surface area contributed by atoms with Crippen LogP contribution < -0.4 is 10.3 Å². The molecule has 9 heteroatoms. The zero-order chi connectivity index (χ0) is 24.1. The SMILES string of the molecule is CCCC(=O)CCC(=O)CCC(=O)CCC(=O)CC(Oc1ccccc1)C1=CN=NNN1C. The molecule has 1 aromatic rings. The maximum Gasteiger partial charge on any atom is 0.149 e. The number of ketones is 4. The van der Waals surface area contributed by atoms with Crippen LogP contribution in [0, 0.1) is 0 Å². The molecule has 0 aromatic heterocycles. The van der Waals surface area contributed by atoms with Gasteiger partial charge in [0.15, 0.2) is 0 Å². The first-order valence-corrected chi connectivity index (χ1v) is 11.3. The van der Waals surface area contributed by atoms with Gasteiger partial charge in [-0.05, 0) is 18.6 Å². The van der Waals surface area contributed by atoms with Crippen molar-refractivity contribution in [3.63, 3.8) is 0 Å². The molecule has 1 N–H and O–H groups in total. The maximum atomic E-state index is 12.6. The van der Waals surface area contributed by atoms with Crippen molar-refractivity contribution in [3.8, 4) is 5.75 Å². The number of hydrogen-bond donors (Lipinski definition) is 1. The van der Waals surface area contributed by atoms with Gasteiger partial charge in [0.2, 0.25) is 0 Å². The summed E-state index contributed by atoms with van der Waals surface area (Å²) in [6, 6.07) is 9.14. The molecule has 0 saturated heterocycles. The molecule has 0 fully saturated rings. The minimum absolute atomic E-state index is 0.0635. The molecule has 1 aromatic carbocycles. The third-order valence-corrected chi connectivity index (χ3v) is 5.17. The van der Waals surface area contributed by atoms with E-state index in [1.165, 1.54) is 6.20 Å². The maximum absolute atomic E-state index is 12.6. The molecule has 1 aliphatic rings. The van der Waals surface area contributed by atoms with Gasteiger partial charge in [-0.25, -0.2) is 0 Å². The van der Waals surface area contributed by atoms with Crippen LogP contribution >= 0.6 is 0 Å². The molecule has 0 spiro atoms. The Morgan fingerprint density at radius 2 is 1.42 bits per heavy atom. The summed E-state index contributed by atoms with van der Waals surface area (Å²) in [6.45, 7) is 1.92. The fourth-order valence-electron chi connectivity index (χ4n) is 3.29. The van der Waals surface area contributed by atoms with Gasteiger partial charge in [0.05, 0.1) is 11.9 Å². The van der Waals surface area contributed by atoms with Crippen LogP contribution in [0.25, 0.3) is 0 Å². The summed E-state index contributed by atoms with van der Waals surface area (Å²) in [6.07, 6.45) is 3.01. The van der Waals surface area contributed by atoms with Crippen LogP contribution in [0.4, 0.5) is 0 Å². The monoisotopic (exact) mass is 456 g/mol. The summed E-state index contributed by atoms with van der Waals surface area (Å²) in [7, 11) is 1.74. The second kappa shape index (κ2) is 13.9. The van der Waals surface area contributed by atoms with E-state index in [0.29, 0.717) is 17.9 Å². The Bertz CT molecular complexity index is 882. The third kappa shape index (κ3) is 9.76. The van der Waals surface area contributed by atoms with E-state index in [-0.39, 0.29) is 68.1 Å². The Morgan fingerprint density at radius 1 is 0.879 bits per heavy atom. The lowest BCUT2D eigenvalue weighted by Crippen LogP contribution is -2.39. The quantitative estimate of drug-likeness (QED) is 0.401. The highest BCUT2D eigenvalue weighted by molar-refractivity contribution is 5.90. The Hall–Kier alpha value is -3.36. The average molecular weight is 457 g/mol. The van der Waals surface area contributed by atoms with Gasteiger partial charge in [-0.2, -0.15) is 5.53 Å². The number of carbonyl (C=O) groups excluding carboxylic acids is 4. The number of nitrogens with one attached hydrogen (secondary N) is 1. The molecule has 0 saturated carbocycles. The smallest absolute Gasteiger partial charge is 0.149 e. The van der Waals surface area contributed by atoms with Crippen molar-refractivity contribution in [2.45, 2.75) is 70.8 Å². The number of carbonyl (C=O) groups is 4. The summed E-state index contributed by atoms with van der Waals surface area (Å²) in [5, 5.41) is 9.16. The highest BCUT2D eigenvalue weighted by Crippen LogP contribution is 2.21. The van der Waals surface area contributed by atoms with Gasteiger partial charge in [-0.15, -0.1) is 5.11 Å². The summed E-state index contributed by atoms with van der Waals surface area (Å²) in [5.74, 6) is 0.327. The Kier molecular flexibility index (Phi) is 10.9. The second-order valence-corrected chi connectivity index (χ2v) is 7.96. The highest BCUT2D eigenvalue weighted by Gasteiger charge is 2.25. The van der Waals surface area contributed by atoms with Crippen molar-refractivity contribution in [1.82, 2.24) is 10.5 Å². The van der Waals surface area contributed by atoms with E-state index in [4.69, 9.17) is 4.74 Å². The van der Waals surface area contributed by atoms with Crippen molar-refractivity contribution in [2.24, 2.45) is 10.3 Å². The number of likely N-dealkylation sites (N-methyl/N-ethyl adjacent to an activating group) is 1. The molecule has 9 nitrogen and oxygen atoms in total. The van der Waals surface area contributed by atoms with E-state index in [9.17, 15) is 19.2 Å². The standard InChI is InChI=1S/C24H32N4O5/c1-3-7-18(29)10-11-19(30)12-13-20(31)14-15-21(32)16-24(23-17-25-26-27-28(23)2)33-22-8-5-4-6-9-22/h4-6,8-9,17,24H,3,7,10-16H2,1-2H3,(H,25,27). The van der Waals surface area contributed by atoms with E-state index < -0.39 is 6.10 Å². The first kappa shape index (κ1) is 25.9. The summed E-state index contributed by atoms with van der Waals surface area (Å²) < 4.78 is 6.01. The van der Waals surface area contributed by atoms with E-state index in [1.54, 1.807) is 24.2 Å². The molecular weight excluding hydrogens is 424 g/mol. The van der Waals surface area contributed by atoms with Crippen molar-refractivity contribution in [1.29, 1.82) is 0 Å².